The number of amides is 2. The molecule has 0 heterocycles. The van der Waals surface area contributed by atoms with Crippen LogP contribution in [0.1, 0.15) is 20.7 Å². The normalized spacial score (nSPS) is 10.1. The summed E-state index contributed by atoms with van der Waals surface area (Å²) in [6, 6.07) is 22.6. The highest BCUT2D eigenvalue weighted by atomic mass is 35.5. The van der Waals surface area contributed by atoms with Gasteiger partial charge in [-0.25, -0.2) is 0 Å². The summed E-state index contributed by atoms with van der Waals surface area (Å²) in [7, 11) is 0. The molecule has 0 unspecified atom stereocenters. The molecule has 3 aromatic carbocycles. The number of carbonyl (C=O) groups excluding carboxylic acids is 2. The monoisotopic (exact) mass is 350 g/mol. The first-order valence-electron chi connectivity index (χ1n) is 7.66. The summed E-state index contributed by atoms with van der Waals surface area (Å²) in [5.41, 5.74) is 2.17. The van der Waals surface area contributed by atoms with Crippen LogP contribution in [0.25, 0.3) is 0 Å². The predicted octanol–water partition coefficient (Wildman–Crippen LogP) is 4.84. The van der Waals surface area contributed by atoms with Crippen LogP contribution in [-0.4, -0.2) is 11.8 Å². The number of rotatable bonds is 4. The van der Waals surface area contributed by atoms with E-state index in [0.717, 1.165) is 0 Å². The second kappa shape index (κ2) is 7.64. The third-order valence-corrected chi connectivity index (χ3v) is 3.89. The van der Waals surface area contributed by atoms with Gasteiger partial charge >= 0.3 is 0 Å². The Hall–Kier alpha value is -3.11. The Labute approximate surface area is 150 Å². The minimum Gasteiger partial charge on any atom is -0.322 e. The molecule has 0 saturated carbocycles. The van der Waals surface area contributed by atoms with Crippen molar-refractivity contribution in [3.8, 4) is 0 Å². The SMILES string of the molecule is O=C(Nc1ccccc1)c1ccc(C(=O)Nc2ccccc2Cl)cc1. The van der Waals surface area contributed by atoms with Gasteiger partial charge in [0.1, 0.15) is 0 Å². The molecule has 3 aromatic rings. The molecule has 0 aliphatic carbocycles. The summed E-state index contributed by atoms with van der Waals surface area (Å²) in [5, 5.41) is 6.01. The second-order valence-electron chi connectivity index (χ2n) is 5.33. The third-order valence-electron chi connectivity index (χ3n) is 3.56. The van der Waals surface area contributed by atoms with E-state index in [2.05, 4.69) is 10.6 Å². The van der Waals surface area contributed by atoms with Crippen LogP contribution in [0, 0.1) is 0 Å². The Bertz CT molecular complexity index is 893. The lowest BCUT2D eigenvalue weighted by molar-refractivity contribution is 0.101. The maximum atomic E-state index is 12.3. The van der Waals surface area contributed by atoms with Gasteiger partial charge in [0.2, 0.25) is 0 Å². The lowest BCUT2D eigenvalue weighted by atomic mass is 10.1. The van der Waals surface area contributed by atoms with Gasteiger partial charge in [0.25, 0.3) is 11.8 Å². The van der Waals surface area contributed by atoms with Gasteiger partial charge in [-0.05, 0) is 48.5 Å². The number of para-hydroxylation sites is 2. The quantitative estimate of drug-likeness (QED) is 0.707. The van der Waals surface area contributed by atoms with E-state index in [0.29, 0.717) is 27.5 Å². The maximum Gasteiger partial charge on any atom is 0.255 e. The van der Waals surface area contributed by atoms with Crippen molar-refractivity contribution in [1.29, 1.82) is 0 Å². The number of halogens is 1. The zero-order valence-electron chi connectivity index (χ0n) is 13.2. The van der Waals surface area contributed by atoms with E-state index in [4.69, 9.17) is 11.6 Å². The molecule has 2 amide bonds. The van der Waals surface area contributed by atoms with Crippen LogP contribution in [-0.2, 0) is 0 Å². The van der Waals surface area contributed by atoms with E-state index in [9.17, 15) is 9.59 Å². The fourth-order valence-electron chi connectivity index (χ4n) is 2.25. The number of benzene rings is 3. The number of hydrogen-bond donors (Lipinski definition) is 2. The van der Waals surface area contributed by atoms with Gasteiger partial charge in [0, 0.05) is 16.8 Å². The van der Waals surface area contributed by atoms with Crippen LogP contribution in [0.4, 0.5) is 11.4 Å². The molecule has 0 atom stereocenters. The maximum absolute atomic E-state index is 12.3. The third kappa shape index (κ3) is 4.25. The second-order valence-corrected chi connectivity index (χ2v) is 5.74. The molecule has 0 saturated heterocycles. The smallest absolute Gasteiger partial charge is 0.255 e. The van der Waals surface area contributed by atoms with E-state index in [1.807, 2.05) is 30.3 Å². The molecule has 5 heteroatoms. The van der Waals surface area contributed by atoms with Crippen molar-refractivity contribution in [2.24, 2.45) is 0 Å². The zero-order chi connectivity index (χ0) is 17.6. The molecule has 0 bridgehead atoms. The summed E-state index contributed by atoms with van der Waals surface area (Å²) >= 11 is 6.03. The molecular weight excluding hydrogens is 336 g/mol. The van der Waals surface area contributed by atoms with E-state index in [1.54, 1.807) is 48.5 Å². The Morgan fingerprint density at radius 1 is 0.640 bits per heavy atom. The Balaban J connectivity index is 1.68. The van der Waals surface area contributed by atoms with Gasteiger partial charge < -0.3 is 10.6 Å². The molecule has 0 radical (unpaired) electrons. The average molecular weight is 351 g/mol. The van der Waals surface area contributed by atoms with E-state index in [1.165, 1.54) is 0 Å². The average Bonchev–Trinajstić information content (AvgIpc) is 2.64. The van der Waals surface area contributed by atoms with Gasteiger partial charge in [-0.15, -0.1) is 0 Å². The van der Waals surface area contributed by atoms with Crippen LogP contribution in [0.5, 0.6) is 0 Å². The van der Waals surface area contributed by atoms with E-state index >= 15 is 0 Å². The highest BCUT2D eigenvalue weighted by Gasteiger charge is 2.10. The molecule has 4 nitrogen and oxygen atoms in total. The number of nitrogens with one attached hydrogen (secondary N) is 2. The van der Waals surface area contributed by atoms with Crippen LogP contribution in [0.2, 0.25) is 5.02 Å². The first kappa shape index (κ1) is 16.7. The first-order valence-corrected chi connectivity index (χ1v) is 8.03. The van der Waals surface area contributed by atoms with Gasteiger partial charge in [0.05, 0.1) is 10.7 Å². The molecule has 0 aliphatic heterocycles. The summed E-state index contributed by atoms with van der Waals surface area (Å²) < 4.78 is 0. The largest absolute Gasteiger partial charge is 0.322 e. The van der Waals surface area contributed by atoms with Crippen molar-refractivity contribution in [2.45, 2.75) is 0 Å². The van der Waals surface area contributed by atoms with Crippen LogP contribution in [0.3, 0.4) is 0 Å². The van der Waals surface area contributed by atoms with Crippen molar-refractivity contribution in [3.63, 3.8) is 0 Å². The van der Waals surface area contributed by atoms with Crippen molar-refractivity contribution < 1.29 is 9.59 Å². The molecule has 2 N–H and O–H groups in total. The first-order chi connectivity index (χ1) is 12.1. The minimum atomic E-state index is -0.289. The number of carbonyl (C=O) groups is 2. The topological polar surface area (TPSA) is 58.2 Å². The highest BCUT2D eigenvalue weighted by molar-refractivity contribution is 6.33. The predicted molar refractivity (Wildman–Crippen MR) is 100 cm³/mol. The summed E-state index contributed by atoms with van der Waals surface area (Å²) in [5.74, 6) is -0.521. The molecule has 0 spiro atoms. The van der Waals surface area contributed by atoms with Gasteiger partial charge in [0.15, 0.2) is 0 Å². The van der Waals surface area contributed by atoms with Gasteiger partial charge in [-0.2, -0.15) is 0 Å². The molecule has 25 heavy (non-hydrogen) atoms. The highest BCUT2D eigenvalue weighted by Crippen LogP contribution is 2.21. The van der Waals surface area contributed by atoms with Crippen LogP contribution in [0.15, 0.2) is 78.9 Å². The van der Waals surface area contributed by atoms with Crippen molar-refractivity contribution in [1.82, 2.24) is 0 Å². The van der Waals surface area contributed by atoms with Crippen molar-refractivity contribution in [3.05, 3.63) is 95.0 Å². The molecule has 0 aromatic heterocycles. The van der Waals surface area contributed by atoms with Crippen LogP contribution < -0.4 is 10.6 Å². The van der Waals surface area contributed by atoms with Gasteiger partial charge in [-0.3, -0.25) is 9.59 Å². The summed E-state index contributed by atoms with van der Waals surface area (Å²) in [6.45, 7) is 0. The lowest BCUT2D eigenvalue weighted by Crippen LogP contribution is -2.14. The summed E-state index contributed by atoms with van der Waals surface area (Å²) in [6.07, 6.45) is 0. The fraction of sp³-hybridized carbons (Fsp3) is 0. The number of anilines is 2. The molecule has 0 fully saturated rings. The Morgan fingerprint density at radius 2 is 1.16 bits per heavy atom. The van der Waals surface area contributed by atoms with E-state index < -0.39 is 0 Å². The molecule has 124 valence electrons. The lowest BCUT2D eigenvalue weighted by Gasteiger charge is -2.08. The molecule has 3 rings (SSSR count). The van der Waals surface area contributed by atoms with Gasteiger partial charge in [-0.1, -0.05) is 41.9 Å². The molecular formula is C20H15ClN2O2. The van der Waals surface area contributed by atoms with Crippen molar-refractivity contribution >= 4 is 34.8 Å². The van der Waals surface area contributed by atoms with E-state index in [-0.39, 0.29) is 11.8 Å². The zero-order valence-corrected chi connectivity index (χ0v) is 14.0. The molecule has 0 aliphatic rings. The Morgan fingerprint density at radius 3 is 1.76 bits per heavy atom. The summed E-state index contributed by atoms with van der Waals surface area (Å²) in [4.78, 5) is 24.5. The number of hydrogen-bond acceptors (Lipinski definition) is 2. The fourth-order valence-corrected chi connectivity index (χ4v) is 2.44. The minimum absolute atomic E-state index is 0.232. The standard InChI is InChI=1S/C20H15ClN2O2/c21-17-8-4-5-9-18(17)23-20(25)15-12-10-14(11-13-15)19(24)22-16-6-2-1-3-7-16/h1-13H,(H,22,24)(H,23,25). The van der Waals surface area contributed by atoms with Crippen molar-refractivity contribution in [2.75, 3.05) is 10.6 Å². The van der Waals surface area contributed by atoms with Crippen LogP contribution >= 0.6 is 11.6 Å². The Kier molecular flexibility index (Phi) is 5.11.